The van der Waals surface area contributed by atoms with Gasteiger partial charge in [-0.05, 0) is 52.2 Å². The molecule has 1 rings (SSSR count). The van der Waals surface area contributed by atoms with E-state index in [1.54, 1.807) is 0 Å². The molecule has 0 saturated heterocycles. The van der Waals surface area contributed by atoms with Crippen LogP contribution in [0.5, 0.6) is 0 Å². The largest absolute Gasteiger partial charge is 0.369 e. The van der Waals surface area contributed by atoms with Crippen molar-refractivity contribution in [2.45, 2.75) is 78.9 Å². The minimum atomic E-state index is 0.151. The summed E-state index contributed by atoms with van der Waals surface area (Å²) in [7, 11) is 0. The highest BCUT2D eigenvalue weighted by Crippen LogP contribution is 2.24. The van der Waals surface area contributed by atoms with Crippen LogP contribution in [0.15, 0.2) is 24.3 Å². The average molecular weight is 290 g/mol. The summed E-state index contributed by atoms with van der Waals surface area (Å²) in [4.78, 5) is 2.59. The number of unbranched alkanes of at least 4 members (excludes halogenated alkanes) is 1. The van der Waals surface area contributed by atoms with E-state index in [0.29, 0.717) is 6.04 Å². The summed E-state index contributed by atoms with van der Waals surface area (Å²) < 4.78 is 0. The molecule has 1 atom stereocenters. The lowest BCUT2D eigenvalue weighted by atomic mass is 10.1. The highest BCUT2D eigenvalue weighted by molar-refractivity contribution is 5.54. The van der Waals surface area contributed by atoms with Gasteiger partial charge in [0.2, 0.25) is 0 Å². The van der Waals surface area contributed by atoms with Crippen LogP contribution in [-0.4, -0.2) is 18.1 Å². The fraction of sp³-hybridized carbons (Fsp3) is 0.684. The van der Waals surface area contributed by atoms with E-state index in [9.17, 15) is 0 Å². The fourth-order valence-corrected chi connectivity index (χ4v) is 2.43. The summed E-state index contributed by atoms with van der Waals surface area (Å²) >= 11 is 0. The molecule has 0 amide bonds. The minimum absolute atomic E-state index is 0.151. The highest BCUT2D eigenvalue weighted by atomic mass is 15.2. The van der Waals surface area contributed by atoms with Gasteiger partial charge in [0.1, 0.15) is 0 Å². The normalized spacial score (nSPS) is 13.2. The third-order valence-corrected chi connectivity index (χ3v) is 3.99. The number of hydrogen-bond donors (Lipinski definition) is 1. The predicted octanol–water partition coefficient (Wildman–Crippen LogP) is 4.98. The first-order valence-corrected chi connectivity index (χ1v) is 8.48. The maximum Gasteiger partial charge on any atom is 0.0414 e. The van der Waals surface area contributed by atoms with Gasteiger partial charge in [0.25, 0.3) is 0 Å². The van der Waals surface area contributed by atoms with Crippen LogP contribution < -0.4 is 10.2 Å². The van der Waals surface area contributed by atoms with Crippen molar-refractivity contribution < 1.29 is 0 Å². The van der Waals surface area contributed by atoms with Crippen molar-refractivity contribution in [2.24, 2.45) is 0 Å². The first-order chi connectivity index (χ1) is 9.89. The zero-order valence-electron chi connectivity index (χ0n) is 14.9. The van der Waals surface area contributed by atoms with E-state index in [4.69, 9.17) is 0 Å². The van der Waals surface area contributed by atoms with Crippen molar-refractivity contribution in [1.29, 1.82) is 0 Å². The Morgan fingerprint density at radius 2 is 1.81 bits per heavy atom. The average Bonchev–Trinajstić information content (AvgIpc) is 2.45. The molecule has 0 aromatic heterocycles. The molecule has 0 bridgehead atoms. The van der Waals surface area contributed by atoms with Gasteiger partial charge in [-0.2, -0.15) is 0 Å². The number of anilines is 1. The second-order valence-corrected chi connectivity index (χ2v) is 7.04. The number of nitrogens with one attached hydrogen (secondary N) is 1. The van der Waals surface area contributed by atoms with Gasteiger partial charge in [-0.25, -0.2) is 0 Å². The van der Waals surface area contributed by atoms with Gasteiger partial charge >= 0.3 is 0 Å². The maximum absolute atomic E-state index is 3.62. The van der Waals surface area contributed by atoms with Gasteiger partial charge in [-0.3, -0.25) is 0 Å². The van der Waals surface area contributed by atoms with Gasteiger partial charge in [-0.1, -0.05) is 38.5 Å². The van der Waals surface area contributed by atoms with E-state index in [1.807, 2.05) is 0 Å². The van der Waals surface area contributed by atoms with Crippen LogP contribution in [0.2, 0.25) is 0 Å². The van der Waals surface area contributed by atoms with Gasteiger partial charge in [0, 0.05) is 30.4 Å². The summed E-state index contributed by atoms with van der Waals surface area (Å²) in [6.45, 7) is 15.6. The Morgan fingerprint density at radius 1 is 1.14 bits per heavy atom. The zero-order valence-corrected chi connectivity index (χ0v) is 14.9. The summed E-state index contributed by atoms with van der Waals surface area (Å²) in [5, 5.41) is 3.62. The van der Waals surface area contributed by atoms with Crippen molar-refractivity contribution in [3.05, 3.63) is 29.8 Å². The Hall–Kier alpha value is -1.02. The molecule has 2 heteroatoms. The molecule has 0 aliphatic carbocycles. The summed E-state index contributed by atoms with van der Waals surface area (Å²) in [5.74, 6) is 0. The predicted molar refractivity (Wildman–Crippen MR) is 95.0 cm³/mol. The van der Waals surface area contributed by atoms with Gasteiger partial charge in [0.15, 0.2) is 0 Å². The summed E-state index contributed by atoms with van der Waals surface area (Å²) in [6.07, 6.45) is 3.69. The molecule has 0 fully saturated rings. The van der Waals surface area contributed by atoms with Gasteiger partial charge in [-0.15, -0.1) is 0 Å². The van der Waals surface area contributed by atoms with Crippen LogP contribution >= 0.6 is 0 Å². The molecule has 21 heavy (non-hydrogen) atoms. The Balaban J connectivity index is 2.96. The lowest BCUT2D eigenvalue weighted by Gasteiger charge is -2.33. The van der Waals surface area contributed by atoms with E-state index in [-0.39, 0.29) is 5.54 Å². The molecule has 120 valence electrons. The van der Waals surface area contributed by atoms with E-state index in [1.165, 1.54) is 30.5 Å². The molecule has 0 heterocycles. The maximum atomic E-state index is 3.62. The first-order valence-electron chi connectivity index (χ1n) is 8.48. The van der Waals surface area contributed by atoms with Crippen LogP contribution in [0.1, 0.15) is 66.4 Å². The molecule has 2 nitrogen and oxygen atoms in total. The number of hydrogen-bond acceptors (Lipinski definition) is 2. The second-order valence-electron chi connectivity index (χ2n) is 7.04. The third-order valence-electron chi connectivity index (χ3n) is 3.99. The van der Waals surface area contributed by atoms with Crippen LogP contribution in [0.25, 0.3) is 0 Å². The monoisotopic (exact) mass is 290 g/mol. The fourth-order valence-electron chi connectivity index (χ4n) is 2.43. The molecule has 0 aliphatic heterocycles. The Labute approximate surface area is 131 Å². The van der Waals surface area contributed by atoms with Crippen molar-refractivity contribution in [2.75, 3.05) is 11.4 Å². The molecule has 1 unspecified atom stereocenters. The SMILES string of the molecule is CCCCN(c1ccccc1CNC(C)(C)C)C(C)CC. The number of nitrogens with zero attached hydrogens (tertiary/aromatic N) is 1. The molecule has 1 N–H and O–H groups in total. The Kier molecular flexibility index (Phi) is 7.24. The first kappa shape index (κ1) is 18.0. The van der Waals surface area contributed by atoms with Gasteiger partial charge in [0.05, 0.1) is 0 Å². The molecular weight excluding hydrogens is 256 g/mol. The standard InChI is InChI=1S/C19H34N2/c1-7-9-14-21(16(3)8-2)18-13-11-10-12-17(18)15-20-19(4,5)6/h10-13,16,20H,7-9,14-15H2,1-6H3. The van der Waals surface area contributed by atoms with E-state index in [2.05, 4.69) is 76.0 Å². The van der Waals surface area contributed by atoms with Crippen molar-refractivity contribution in [3.8, 4) is 0 Å². The Bertz CT molecular complexity index is 406. The van der Waals surface area contributed by atoms with Crippen molar-refractivity contribution in [3.63, 3.8) is 0 Å². The Morgan fingerprint density at radius 3 is 2.38 bits per heavy atom. The molecule has 0 spiro atoms. The molecule has 1 aromatic carbocycles. The summed E-state index contributed by atoms with van der Waals surface area (Å²) in [6, 6.07) is 9.44. The van der Waals surface area contributed by atoms with Crippen molar-refractivity contribution in [1.82, 2.24) is 5.32 Å². The quantitative estimate of drug-likeness (QED) is 0.726. The second kappa shape index (κ2) is 8.43. The minimum Gasteiger partial charge on any atom is -0.369 e. The molecule has 0 radical (unpaired) electrons. The van der Waals surface area contributed by atoms with E-state index in [0.717, 1.165) is 13.1 Å². The van der Waals surface area contributed by atoms with Crippen LogP contribution in [0.3, 0.4) is 0 Å². The van der Waals surface area contributed by atoms with Crippen LogP contribution in [-0.2, 0) is 6.54 Å². The topological polar surface area (TPSA) is 15.3 Å². The van der Waals surface area contributed by atoms with E-state index < -0.39 is 0 Å². The lowest BCUT2D eigenvalue weighted by molar-refractivity contribution is 0.424. The number of rotatable bonds is 8. The molecule has 1 aromatic rings. The zero-order chi connectivity index (χ0) is 15.9. The number of benzene rings is 1. The lowest BCUT2D eigenvalue weighted by Crippen LogP contribution is -2.37. The molecular formula is C19H34N2. The molecule has 0 saturated carbocycles. The van der Waals surface area contributed by atoms with Crippen molar-refractivity contribution >= 4 is 5.69 Å². The smallest absolute Gasteiger partial charge is 0.0414 e. The van der Waals surface area contributed by atoms with Crippen LogP contribution in [0, 0.1) is 0 Å². The third kappa shape index (κ3) is 6.09. The molecule has 0 aliphatic rings. The van der Waals surface area contributed by atoms with E-state index >= 15 is 0 Å². The number of para-hydroxylation sites is 1. The summed E-state index contributed by atoms with van der Waals surface area (Å²) in [5.41, 5.74) is 2.96. The van der Waals surface area contributed by atoms with Crippen LogP contribution in [0.4, 0.5) is 5.69 Å². The van der Waals surface area contributed by atoms with Gasteiger partial charge < -0.3 is 10.2 Å². The highest BCUT2D eigenvalue weighted by Gasteiger charge is 2.17.